The first-order valence-electron chi connectivity index (χ1n) is 9.59. The maximum atomic E-state index is 12.8. The number of hydrogen-bond acceptors (Lipinski definition) is 5. The summed E-state index contributed by atoms with van der Waals surface area (Å²) in [5, 5.41) is 0. The molecule has 1 saturated carbocycles. The van der Waals surface area contributed by atoms with E-state index in [0.29, 0.717) is 0 Å². The van der Waals surface area contributed by atoms with Gasteiger partial charge in [-0.2, -0.15) is 0 Å². The van der Waals surface area contributed by atoms with Gasteiger partial charge in [0.25, 0.3) is 0 Å². The first-order valence-corrected chi connectivity index (χ1v) is 11.1. The van der Waals surface area contributed by atoms with Crippen LogP contribution in [0, 0.1) is 0 Å². The number of hydrogen-bond donors (Lipinski definition) is 1. The van der Waals surface area contributed by atoms with Gasteiger partial charge in [0.05, 0.1) is 12.7 Å². The molecule has 1 aliphatic carbocycles. The standard InChI is InChI=1S/C22H25NO5S/c1-27-20-14-13-18(16-21(20)29(25,26)23-19-11-5-6-12-19)22(24)28-15-7-10-17-8-3-2-4-9-17/h2-4,7-10,13-14,16,19,23H,5-6,11-12,15H2,1H3. The minimum absolute atomic E-state index is 0.0545. The lowest BCUT2D eigenvalue weighted by molar-refractivity contribution is 0.0549. The van der Waals surface area contributed by atoms with Crippen molar-refractivity contribution in [1.29, 1.82) is 0 Å². The molecule has 7 heteroatoms. The highest BCUT2D eigenvalue weighted by Crippen LogP contribution is 2.27. The van der Waals surface area contributed by atoms with Crippen molar-refractivity contribution in [2.45, 2.75) is 36.6 Å². The fourth-order valence-corrected chi connectivity index (χ4v) is 4.80. The van der Waals surface area contributed by atoms with Gasteiger partial charge in [-0.15, -0.1) is 0 Å². The van der Waals surface area contributed by atoms with Crippen LogP contribution in [0.15, 0.2) is 59.5 Å². The Morgan fingerprint density at radius 3 is 2.55 bits per heavy atom. The van der Waals surface area contributed by atoms with Crippen molar-refractivity contribution >= 4 is 22.1 Å². The molecular weight excluding hydrogens is 390 g/mol. The van der Waals surface area contributed by atoms with E-state index in [9.17, 15) is 13.2 Å². The normalized spacial score (nSPS) is 14.9. The number of carbonyl (C=O) groups is 1. The van der Waals surface area contributed by atoms with E-state index in [1.54, 1.807) is 6.08 Å². The fraction of sp³-hybridized carbons (Fsp3) is 0.318. The average molecular weight is 416 g/mol. The van der Waals surface area contributed by atoms with Gasteiger partial charge in [-0.25, -0.2) is 17.9 Å². The quantitative estimate of drug-likeness (QED) is 0.664. The molecule has 2 aromatic rings. The number of benzene rings is 2. The van der Waals surface area contributed by atoms with Crippen LogP contribution in [0.3, 0.4) is 0 Å². The summed E-state index contributed by atoms with van der Waals surface area (Å²) in [6.07, 6.45) is 7.23. The van der Waals surface area contributed by atoms with Gasteiger partial charge >= 0.3 is 5.97 Å². The SMILES string of the molecule is COc1ccc(C(=O)OCC=Cc2ccccc2)cc1S(=O)(=O)NC1CCCC1. The van der Waals surface area contributed by atoms with Crippen molar-refractivity contribution in [1.82, 2.24) is 4.72 Å². The van der Waals surface area contributed by atoms with Crippen LogP contribution in [0.25, 0.3) is 6.08 Å². The van der Waals surface area contributed by atoms with E-state index < -0.39 is 16.0 Å². The van der Waals surface area contributed by atoms with Crippen molar-refractivity contribution < 1.29 is 22.7 Å². The van der Waals surface area contributed by atoms with E-state index in [1.807, 2.05) is 36.4 Å². The summed E-state index contributed by atoms with van der Waals surface area (Å²) < 4.78 is 38.8. The molecule has 0 atom stereocenters. The van der Waals surface area contributed by atoms with Crippen LogP contribution in [0.1, 0.15) is 41.6 Å². The predicted octanol–water partition coefficient (Wildman–Crippen LogP) is 3.79. The summed E-state index contributed by atoms with van der Waals surface area (Å²) in [5.74, 6) is -0.404. The third kappa shape index (κ3) is 5.68. The first kappa shape index (κ1) is 21.1. The molecule has 0 aromatic heterocycles. The number of ether oxygens (including phenoxy) is 2. The van der Waals surface area contributed by atoms with Crippen molar-refractivity contribution in [2.75, 3.05) is 13.7 Å². The minimum atomic E-state index is -3.80. The summed E-state index contributed by atoms with van der Waals surface area (Å²) in [4.78, 5) is 12.3. The zero-order valence-electron chi connectivity index (χ0n) is 16.3. The summed E-state index contributed by atoms with van der Waals surface area (Å²) in [6.45, 7) is 0.0855. The van der Waals surface area contributed by atoms with Crippen LogP contribution < -0.4 is 9.46 Å². The minimum Gasteiger partial charge on any atom is -0.495 e. The van der Waals surface area contributed by atoms with Crippen molar-refractivity contribution in [3.05, 3.63) is 65.7 Å². The van der Waals surface area contributed by atoms with Gasteiger partial charge in [0, 0.05) is 6.04 Å². The van der Waals surface area contributed by atoms with E-state index >= 15 is 0 Å². The topological polar surface area (TPSA) is 81.7 Å². The maximum absolute atomic E-state index is 12.8. The fourth-order valence-electron chi connectivity index (χ4n) is 3.30. The van der Waals surface area contributed by atoms with E-state index in [1.165, 1.54) is 25.3 Å². The van der Waals surface area contributed by atoms with Crippen molar-refractivity contribution in [2.24, 2.45) is 0 Å². The molecule has 0 heterocycles. The Balaban J connectivity index is 1.70. The molecule has 0 unspecified atom stereocenters. The van der Waals surface area contributed by atoms with E-state index in [-0.39, 0.29) is 28.9 Å². The number of methoxy groups -OCH3 is 1. The molecule has 1 fully saturated rings. The molecule has 0 bridgehead atoms. The summed E-state index contributed by atoms with van der Waals surface area (Å²) >= 11 is 0. The lowest BCUT2D eigenvalue weighted by Crippen LogP contribution is -2.33. The van der Waals surface area contributed by atoms with Crippen LogP contribution in [0.5, 0.6) is 5.75 Å². The van der Waals surface area contributed by atoms with Gasteiger partial charge in [0.2, 0.25) is 10.0 Å². The molecule has 2 aromatic carbocycles. The van der Waals surface area contributed by atoms with Crippen LogP contribution in [-0.2, 0) is 14.8 Å². The molecule has 0 amide bonds. The maximum Gasteiger partial charge on any atom is 0.338 e. The van der Waals surface area contributed by atoms with Gasteiger partial charge in [0.1, 0.15) is 17.3 Å². The Kier molecular flexibility index (Phi) is 7.06. The Labute approximate surface area is 171 Å². The monoisotopic (exact) mass is 415 g/mol. The number of esters is 1. The van der Waals surface area contributed by atoms with Crippen molar-refractivity contribution in [3.8, 4) is 5.75 Å². The summed E-state index contributed by atoms with van der Waals surface area (Å²) in [7, 11) is -2.40. The number of sulfonamides is 1. The van der Waals surface area contributed by atoms with Crippen LogP contribution in [0.4, 0.5) is 0 Å². The lowest BCUT2D eigenvalue weighted by Gasteiger charge is -2.15. The largest absolute Gasteiger partial charge is 0.495 e. The second-order valence-electron chi connectivity index (χ2n) is 6.88. The summed E-state index contributed by atoms with van der Waals surface area (Å²) in [6, 6.07) is 13.8. The Hall–Kier alpha value is -2.64. The Morgan fingerprint density at radius 2 is 1.86 bits per heavy atom. The molecule has 6 nitrogen and oxygen atoms in total. The average Bonchev–Trinajstić information content (AvgIpc) is 3.23. The summed E-state index contributed by atoms with van der Waals surface area (Å²) in [5.41, 5.74) is 1.16. The van der Waals surface area contributed by atoms with Gasteiger partial charge in [-0.1, -0.05) is 49.2 Å². The van der Waals surface area contributed by atoms with E-state index in [4.69, 9.17) is 9.47 Å². The van der Waals surface area contributed by atoms with Crippen LogP contribution >= 0.6 is 0 Å². The van der Waals surface area contributed by atoms with Gasteiger partial charge in [-0.05, 0) is 42.7 Å². The van der Waals surface area contributed by atoms with E-state index in [0.717, 1.165) is 31.2 Å². The highest BCUT2D eigenvalue weighted by Gasteiger charge is 2.26. The highest BCUT2D eigenvalue weighted by atomic mass is 32.2. The third-order valence-electron chi connectivity index (χ3n) is 4.79. The lowest BCUT2D eigenvalue weighted by atomic mass is 10.2. The predicted molar refractivity (Wildman–Crippen MR) is 111 cm³/mol. The number of nitrogens with one attached hydrogen (secondary N) is 1. The Morgan fingerprint density at radius 1 is 1.14 bits per heavy atom. The second-order valence-corrected chi connectivity index (χ2v) is 8.56. The zero-order valence-corrected chi connectivity index (χ0v) is 17.2. The first-order chi connectivity index (χ1) is 14.0. The molecule has 154 valence electrons. The molecule has 29 heavy (non-hydrogen) atoms. The van der Waals surface area contributed by atoms with Crippen molar-refractivity contribution in [3.63, 3.8) is 0 Å². The second kappa shape index (κ2) is 9.71. The molecule has 3 rings (SSSR count). The molecule has 1 N–H and O–H groups in total. The van der Waals surface area contributed by atoms with E-state index in [2.05, 4.69) is 4.72 Å². The molecule has 0 saturated heterocycles. The number of rotatable bonds is 8. The van der Waals surface area contributed by atoms with Gasteiger partial charge < -0.3 is 9.47 Å². The van der Waals surface area contributed by atoms with Gasteiger partial charge in [0.15, 0.2) is 0 Å². The van der Waals surface area contributed by atoms with Crippen LogP contribution in [0.2, 0.25) is 0 Å². The molecule has 1 aliphatic rings. The third-order valence-corrected chi connectivity index (χ3v) is 6.33. The number of carbonyl (C=O) groups excluding carboxylic acids is 1. The zero-order chi connectivity index (χ0) is 20.7. The van der Waals surface area contributed by atoms with Crippen LogP contribution in [-0.4, -0.2) is 34.1 Å². The Bertz CT molecular complexity index is 964. The molecule has 0 spiro atoms. The van der Waals surface area contributed by atoms with Gasteiger partial charge in [-0.3, -0.25) is 0 Å². The molecule has 0 aliphatic heterocycles. The molecular formula is C22H25NO5S. The highest BCUT2D eigenvalue weighted by molar-refractivity contribution is 7.89. The molecule has 0 radical (unpaired) electrons. The smallest absolute Gasteiger partial charge is 0.338 e.